The number of aryl methyl sites for hydroxylation is 1. The molecule has 2 aromatic carbocycles. The minimum atomic E-state index is -5.04. The number of hydroxylamine groups is 1. The van der Waals surface area contributed by atoms with E-state index in [1.54, 1.807) is 18.2 Å². The number of ether oxygens (including phenoxy) is 1. The van der Waals surface area contributed by atoms with Gasteiger partial charge in [-0.3, -0.25) is 9.69 Å². The minimum absolute atomic E-state index is 0.00465. The van der Waals surface area contributed by atoms with Gasteiger partial charge in [-0.1, -0.05) is 18.2 Å². The van der Waals surface area contributed by atoms with Gasteiger partial charge < -0.3 is 9.84 Å². The number of carbonyl (C=O) groups excluding carboxylic acids is 1. The molecule has 2 amide bonds. The highest BCUT2D eigenvalue weighted by atomic mass is 19.4. The van der Waals surface area contributed by atoms with Gasteiger partial charge in [-0.15, -0.1) is 0 Å². The molecule has 2 unspecified atom stereocenters. The van der Waals surface area contributed by atoms with E-state index < -0.39 is 59.9 Å². The van der Waals surface area contributed by atoms with Gasteiger partial charge in [-0.25, -0.2) is 15.1 Å². The van der Waals surface area contributed by atoms with Crippen LogP contribution in [0.4, 0.5) is 31.1 Å². The molecule has 216 valence electrons. The van der Waals surface area contributed by atoms with E-state index in [1.165, 1.54) is 12.2 Å². The van der Waals surface area contributed by atoms with Crippen molar-refractivity contribution in [1.29, 1.82) is 0 Å². The van der Waals surface area contributed by atoms with Crippen LogP contribution in [0.3, 0.4) is 0 Å². The van der Waals surface area contributed by atoms with Gasteiger partial charge in [0.2, 0.25) is 0 Å². The number of hydrogen-bond donors (Lipinski definition) is 2. The highest BCUT2D eigenvalue weighted by Crippen LogP contribution is 2.40. The first-order chi connectivity index (χ1) is 18.8. The molecule has 40 heavy (non-hydrogen) atoms. The van der Waals surface area contributed by atoms with Crippen LogP contribution < -0.4 is 5.48 Å². The Labute approximate surface area is 225 Å². The maximum atomic E-state index is 13.3. The summed E-state index contributed by atoms with van der Waals surface area (Å²) >= 11 is 0. The van der Waals surface area contributed by atoms with E-state index in [0.717, 1.165) is 23.3 Å². The zero-order chi connectivity index (χ0) is 29.1. The summed E-state index contributed by atoms with van der Waals surface area (Å²) in [7, 11) is 0. The zero-order valence-electron chi connectivity index (χ0n) is 21.0. The van der Waals surface area contributed by atoms with Gasteiger partial charge in [0.05, 0.1) is 17.2 Å². The lowest BCUT2D eigenvalue weighted by molar-refractivity contribution is -0.198. The molecule has 1 aliphatic carbocycles. The number of carbonyl (C=O) groups is 2. The fraction of sp³-hybridized carbons (Fsp3) is 0.407. The topological polar surface area (TPSA) is 88.1 Å². The number of amides is 2. The number of nitrogens with one attached hydrogen (secondary N) is 1. The van der Waals surface area contributed by atoms with Crippen molar-refractivity contribution in [1.82, 2.24) is 10.4 Å². The van der Waals surface area contributed by atoms with Crippen molar-refractivity contribution in [3.8, 4) is 0 Å². The van der Waals surface area contributed by atoms with Crippen LogP contribution in [-0.4, -0.2) is 34.9 Å². The summed E-state index contributed by atoms with van der Waals surface area (Å²) in [5.41, 5.74) is 0.834. The van der Waals surface area contributed by atoms with Crippen LogP contribution >= 0.6 is 0 Å². The molecule has 1 aliphatic heterocycles. The lowest BCUT2D eigenvalue weighted by Gasteiger charge is -2.28. The number of halogens is 6. The summed E-state index contributed by atoms with van der Waals surface area (Å²) in [6.45, 7) is -0.112. The largest absolute Gasteiger partial charge is 0.465 e. The molecular weight excluding hydrogens is 546 g/mol. The third-order valence-electron chi connectivity index (χ3n) is 6.69. The van der Waals surface area contributed by atoms with Crippen LogP contribution in [0.15, 0.2) is 42.5 Å². The van der Waals surface area contributed by atoms with Crippen LogP contribution in [0.2, 0.25) is 0 Å². The number of fused-ring (bicyclic) bond motifs is 1. The number of alkyl halides is 6. The fourth-order valence-electron chi connectivity index (χ4n) is 4.79. The van der Waals surface area contributed by atoms with Crippen molar-refractivity contribution >= 4 is 18.1 Å². The molecule has 4 rings (SSSR count). The molecule has 7 nitrogen and oxygen atoms in total. The number of rotatable bonds is 7. The second-order valence-corrected chi connectivity index (χ2v) is 9.55. The van der Waals surface area contributed by atoms with E-state index in [2.05, 4.69) is 5.48 Å². The molecule has 0 spiro atoms. The van der Waals surface area contributed by atoms with E-state index in [9.17, 15) is 41.0 Å². The summed E-state index contributed by atoms with van der Waals surface area (Å²) < 4.78 is 85.0. The first kappa shape index (κ1) is 29.4. The Balaban J connectivity index is 1.48. The predicted octanol–water partition coefficient (Wildman–Crippen LogP) is 6.48. The number of carboxylic acid groups (broad SMARTS) is 1. The van der Waals surface area contributed by atoms with Gasteiger partial charge in [-0.05, 0) is 72.2 Å². The molecule has 1 heterocycles. The summed E-state index contributed by atoms with van der Waals surface area (Å²) in [6.07, 6.45) is -6.03. The third-order valence-corrected chi connectivity index (χ3v) is 6.69. The molecule has 0 radical (unpaired) electrons. The molecular formula is C27H26F6N2O5. The number of nitrogens with zero attached hydrogens (tertiary/aromatic N) is 1. The summed E-state index contributed by atoms with van der Waals surface area (Å²) in [5, 5.41) is 9.83. The van der Waals surface area contributed by atoms with E-state index in [1.807, 2.05) is 0 Å². The van der Waals surface area contributed by atoms with E-state index in [-0.39, 0.29) is 12.5 Å². The van der Waals surface area contributed by atoms with Gasteiger partial charge in [-0.2, -0.15) is 26.3 Å². The fourth-order valence-corrected chi connectivity index (χ4v) is 4.79. The predicted molar refractivity (Wildman–Crippen MR) is 129 cm³/mol. The molecule has 0 aromatic heterocycles. The maximum absolute atomic E-state index is 13.3. The Morgan fingerprint density at radius 3 is 2.33 bits per heavy atom. The molecule has 2 aliphatic rings. The van der Waals surface area contributed by atoms with Crippen LogP contribution in [-0.2, 0) is 39.7 Å². The van der Waals surface area contributed by atoms with Gasteiger partial charge in [0.1, 0.15) is 0 Å². The van der Waals surface area contributed by atoms with Crippen molar-refractivity contribution < 1.29 is 50.6 Å². The molecule has 0 saturated carbocycles. The second kappa shape index (κ2) is 11.9. The van der Waals surface area contributed by atoms with Crippen molar-refractivity contribution in [2.45, 2.75) is 63.3 Å². The standard InChI is InChI=1S/C27H26F6N2O5/c28-26(29,30)19-12-17(13-20(14-19)27(31,32)33)15-35(25(37)38)22-8-6-18-11-16(4-7-21(18)22)5-9-23(36)34-40-24-3-1-2-10-39-24/h4-5,7,9,11-14,22,24H,1-3,6,8,10,15H2,(H,34,36)(H,37,38)/b9-5+. The molecule has 2 aromatic rings. The first-order valence-corrected chi connectivity index (χ1v) is 12.5. The zero-order valence-corrected chi connectivity index (χ0v) is 21.0. The van der Waals surface area contributed by atoms with Gasteiger partial charge in [0, 0.05) is 25.6 Å². The van der Waals surface area contributed by atoms with E-state index in [0.29, 0.717) is 42.7 Å². The summed E-state index contributed by atoms with van der Waals surface area (Å²) in [4.78, 5) is 30.2. The Morgan fingerprint density at radius 2 is 1.73 bits per heavy atom. The highest BCUT2D eigenvalue weighted by molar-refractivity contribution is 5.91. The Hall–Kier alpha value is -3.58. The quantitative estimate of drug-likeness (QED) is 0.225. The van der Waals surface area contributed by atoms with Crippen LogP contribution in [0.1, 0.15) is 65.1 Å². The average molecular weight is 573 g/mol. The minimum Gasteiger partial charge on any atom is -0.465 e. The monoisotopic (exact) mass is 572 g/mol. The van der Waals surface area contributed by atoms with Gasteiger partial charge in [0.15, 0.2) is 6.29 Å². The number of hydrogen-bond acceptors (Lipinski definition) is 4. The molecule has 0 bridgehead atoms. The summed E-state index contributed by atoms with van der Waals surface area (Å²) in [5.74, 6) is -0.510. The Morgan fingerprint density at radius 1 is 1.02 bits per heavy atom. The average Bonchev–Trinajstić information content (AvgIpc) is 3.31. The molecule has 1 saturated heterocycles. The molecule has 1 fully saturated rings. The van der Waals surface area contributed by atoms with Gasteiger partial charge >= 0.3 is 18.4 Å². The van der Waals surface area contributed by atoms with Crippen molar-refractivity contribution in [2.24, 2.45) is 0 Å². The molecule has 2 atom stereocenters. The first-order valence-electron chi connectivity index (χ1n) is 12.5. The van der Waals surface area contributed by atoms with Crippen LogP contribution in [0.25, 0.3) is 6.08 Å². The van der Waals surface area contributed by atoms with Crippen LogP contribution in [0.5, 0.6) is 0 Å². The Bertz CT molecular complexity index is 1240. The maximum Gasteiger partial charge on any atom is 0.416 e. The van der Waals surface area contributed by atoms with Crippen molar-refractivity contribution in [3.05, 3.63) is 75.9 Å². The number of benzene rings is 2. The second-order valence-electron chi connectivity index (χ2n) is 9.55. The van der Waals surface area contributed by atoms with Crippen molar-refractivity contribution in [2.75, 3.05) is 6.61 Å². The van der Waals surface area contributed by atoms with E-state index in [4.69, 9.17) is 9.57 Å². The smallest absolute Gasteiger partial charge is 0.416 e. The lowest BCUT2D eigenvalue weighted by atomic mass is 10.0. The van der Waals surface area contributed by atoms with E-state index >= 15 is 0 Å². The highest BCUT2D eigenvalue weighted by Gasteiger charge is 2.38. The molecule has 13 heteroatoms. The van der Waals surface area contributed by atoms with Gasteiger partial charge in [0.25, 0.3) is 5.91 Å². The van der Waals surface area contributed by atoms with Crippen LogP contribution in [0, 0.1) is 0 Å². The normalized spacial score (nSPS) is 19.4. The summed E-state index contributed by atoms with van der Waals surface area (Å²) in [6, 6.07) is 5.31. The Kier molecular flexibility index (Phi) is 8.74. The third kappa shape index (κ3) is 7.33. The molecule has 2 N–H and O–H groups in total. The SMILES string of the molecule is O=C(/C=C/c1ccc2c(c1)CCC2N(Cc1cc(C(F)(F)F)cc(C(F)(F)F)c1)C(=O)O)NOC1CCCCO1. The van der Waals surface area contributed by atoms with Crippen molar-refractivity contribution in [3.63, 3.8) is 0 Å². The lowest BCUT2D eigenvalue weighted by Crippen LogP contribution is -2.32.